The largest absolute Gasteiger partial charge is 0.480 e. The molecule has 190 valence electrons. The molecule has 1 aromatic carbocycles. The van der Waals surface area contributed by atoms with Gasteiger partial charge in [-0.25, -0.2) is 0 Å². The Morgan fingerprint density at radius 3 is 1.91 bits per heavy atom. The van der Waals surface area contributed by atoms with E-state index in [0.717, 1.165) is 16.6 Å². The van der Waals surface area contributed by atoms with Crippen molar-refractivity contribution in [3.8, 4) is 0 Å². The third kappa shape index (κ3) is 19.8. The molecule has 33 heavy (non-hydrogen) atoms. The Morgan fingerprint density at radius 1 is 1.18 bits per heavy atom. The molecule has 0 aliphatic carbocycles. The highest BCUT2D eigenvalue weighted by atomic mass is 16.4. The van der Waals surface area contributed by atoms with E-state index in [2.05, 4.69) is 26.5 Å². The lowest BCUT2D eigenvalue weighted by Crippen LogP contribution is -2.36. The number of carboxylic acids is 1. The standard InChI is InChI=1S/C9H11NO2.C5H14NO.C4H7N3O.C3H8O3/c10-8(9(11)12)6-7-4-2-1-3-5-7;1-6(2,3)4-5-7;1-7-2-3(8)6-4(7)5;4-1-3(6)2-5/h1-5,8H,6,10H2,(H,11,12);7H,4-5H2,1-3H3;2H2,1H3,(H2,5,6,8);3-6H,1-2H2/q;+1;;. The third-order valence-corrected chi connectivity index (χ3v) is 3.83. The van der Waals surface area contributed by atoms with Crippen LogP contribution in [0.5, 0.6) is 0 Å². The van der Waals surface area contributed by atoms with Crippen molar-refractivity contribution in [2.75, 3.05) is 61.1 Å². The number of rotatable bonds is 7. The number of amides is 1. The highest BCUT2D eigenvalue weighted by Crippen LogP contribution is 2.01. The fourth-order valence-corrected chi connectivity index (χ4v) is 1.87. The van der Waals surface area contributed by atoms with Crippen molar-refractivity contribution in [1.82, 2.24) is 10.2 Å². The van der Waals surface area contributed by atoms with Gasteiger partial charge in [0, 0.05) is 7.05 Å². The fraction of sp³-hybridized carbons (Fsp3) is 0.571. The van der Waals surface area contributed by atoms with E-state index in [0.29, 0.717) is 13.0 Å². The molecule has 0 spiro atoms. The maximum absolute atomic E-state index is 10.4. The summed E-state index contributed by atoms with van der Waals surface area (Å²) in [7, 11) is 7.85. The van der Waals surface area contributed by atoms with Gasteiger partial charge in [-0.05, 0) is 12.0 Å². The third-order valence-electron chi connectivity index (χ3n) is 3.83. The number of nitrogens with one attached hydrogen (secondary N) is 2. The minimum atomic E-state index is -0.959. The van der Waals surface area contributed by atoms with Gasteiger partial charge in [-0.15, -0.1) is 0 Å². The molecule has 9 N–H and O–H groups in total. The zero-order valence-electron chi connectivity index (χ0n) is 19.8. The first-order valence-electron chi connectivity index (χ1n) is 10.2. The van der Waals surface area contributed by atoms with Crippen LogP contribution < -0.4 is 11.1 Å². The number of hydrogen-bond acceptors (Lipinski definition) is 8. The van der Waals surface area contributed by atoms with E-state index in [1.165, 1.54) is 0 Å². The predicted molar refractivity (Wildman–Crippen MR) is 124 cm³/mol. The smallest absolute Gasteiger partial charge is 0.320 e. The average molecular weight is 475 g/mol. The van der Waals surface area contributed by atoms with Crippen LogP contribution in [0.1, 0.15) is 5.56 Å². The summed E-state index contributed by atoms with van der Waals surface area (Å²) in [5.74, 6) is -0.869. The Kier molecular flexibility index (Phi) is 17.7. The molecular formula is C21H40N5O7+. The minimum absolute atomic E-state index is 0.0995. The number of benzene rings is 1. The Hall–Kier alpha value is -2.61. The van der Waals surface area contributed by atoms with Crippen molar-refractivity contribution >= 4 is 17.8 Å². The topological polar surface area (TPSA) is 200 Å². The lowest BCUT2D eigenvalue weighted by atomic mass is 10.1. The van der Waals surface area contributed by atoms with Gasteiger partial charge in [0.2, 0.25) is 5.91 Å². The fourth-order valence-electron chi connectivity index (χ4n) is 1.87. The number of nitrogens with zero attached hydrogens (tertiary/aromatic N) is 2. The molecule has 12 heteroatoms. The number of carbonyl (C=O) groups is 2. The van der Waals surface area contributed by atoms with Gasteiger partial charge in [0.05, 0.1) is 47.5 Å². The molecular weight excluding hydrogens is 434 g/mol. The molecule has 1 unspecified atom stereocenters. The molecule has 1 saturated heterocycles. The van der Waals surface area contributed by atoms with Crippen LogP contribution in [0.2, 0.25) is 0 Å². The quantitative estimate of drug-likeness (QED) is 0.199. The van der Waals surface area contributed by atoms with Crippen LogP contribution in [-0.2, 0) is 16.0 Å². The molecule has 0 aromatic heterocycles. The second-order valence-corrected chi connectivity index (χ2v) is 8.14. The van der Waals surface area contributed by atoms with Crippen LogP contribution >= 0.6 is 0 Å². The molecule has 1 fully saturated rings. The van der Waals surface area contributed by atoms with Crippen molar-refractivity contribution in [3.05, 3.63) is 35.9 Å². The summed E-state index contributed by atoms with van der Waals surface area (Å²) < 4.78 is 0.844. The number of aliphatic hydroxyl groups excluding tert-OH is 4. The average Bonchev–Trinajstić information content (AvgIpc) is 3.03. The number of carbonyl (C=O) groups excluding carboxylic acids is 1. The number of quaternary nitrogens is 1. The SMILES string of the molecule is CN1CC(=O)NC1=N.C[N+](C)(C)CCO.NC(Cc1ccccc1)C(=O)O.OCC(O)CO. The number of hydrogen-bond donors (Lipinski definition) is 8. The highest BCUT2D eigenvalue weighted by molar-refractivity contribution is 6.02. The van der Waals surface area contributed by atoms with Crippen LogP contribution in [0.3, 0.4) is 0 Å². The van der Waals surface area contributed by atoms with E-state index in [4.69, 9.17) is 36.7 Å². The van der Waals surface area contributed by atoms with E-state index in [1.807, 2.05) is 30.3 Å². The van der Waals surface area contributed by atoms with Gasteiger partial charge in [0.15, 0.2) is 5.96 Å². The molecule has 1 atom stereocenters. The van der Waals surface area contributed by atoms with Gasteiger partial charge in [-0.1, -0.05) is 30.3 Å². The zero-order chi connectivity index (χ0) is 26.0. The summed E-state index contributed by atoms with van der Waals surface area (Å²) in [4.78, 5) is 22.3. The number of aliphatic carboxylic acids is 1. The van der Waals surface area contributed by atoms with Crippen molar-refractivity contribution < 1.29 is 39.6 Å². The molecule has 1 aromatic rings. The van der Waals surface area contributed by atoms with Crippen LogP contribution in [0.4, 0.5) is 0 Å². The highest BCUT2D eigenvalue weighted by Gasteiger charge is 2.18. The number of aliphatic hydroxyl groups is 4. The van der Waals surface area contributed by atoms with Gasteiger partial charge in [0.1, 0.15) is 18.7 Å². The van der Waals surface area contributed by atoms with Crippen molar-refractivity contribution in [2.45, 2.75) is 18.6 Å². The zero-order valence-corrected chi connectivity index (χ0v) is 19.8. The molecule has 0 saturated carbocycles. The second-order valence-electron chi connectivity index (χ2n) is 8.14. The Balaban J connectivity index is 0. The number of nitrogens with two attached hydrogens (primary N) is 1. The molecule has 1 amide bonds. The monoisotopic (exact) mass is 474 g/mol. The van der Waals surface area contributed by atoms with Crippen molar-refractivity contribution in [3.63, 3.8) is 0 Å². The first-order chi connectivity index (χ1) is 15.3. The van der Waals surface area contributed by atoms with Gasteiger partial charge < -0.3 is 40.6 Å². The maximum atomic E-state index is 10.4. The van der Waals surface area contributed by atoms with Crippen LogP contribution in [-0.4, -0.2) is 126 Å². The lowest BCUT2D eigenvalue weighted by molar-refractivity contribution is -0.870. The van der Waals surface area contributed by atoms with E-state index >= 15 is 0 Å². The van der Waals surface area contributed by atoms with Gasteiger partial charge in [0.25, 0.3) is 0 Å². The summed E-state index contributed by atoms with van der Waals surface area (Å²) in [5, 5.41) is 50.2. The minimum Gasteiger partial charge on any atom is -0.480 e. The molecule has 2 rings (SSSR count). The number of carboxylic acid groups (broad SMARTS) is 1. The molecule has 12 nitrogen and oxygen atoms in total. The van der Waals surface area contributed by atoms with Crippen molar-refractivity contribution in [2.24, 2.45) is 5.73 Å². The second kappa shape index (κ2) is 17.9. The van der Waals surface area contributed by atoms with Gasteiger partial charge in [-0.2, -0.15) is 0 Å². The number of guanidine groups is 1. The van der Waals surface area contributed by atoms with E-state index < -0.39 is 18.1 Å². The molecule has 0 radical (unpaired) electrons. The van der Waals surface area contributed by atoms with E-state index in [9.17, 15) is 9.59 Å². The lowest BCUT2D eigenvalue weighted by Gasteiger charge is -2.21. The summed E-state index contributed by atoms with van der Waals surface area (Å²) >= 11 is 0. The normalized spacial score (nSPS) is 13.6. The summed E-state index contributed by atoms with van der Waals surface area (Å²) in [6.07, 6.45) is -0.569. The summed E-state index contributed by atoms with van der Waals surface area (Å²) in [6.45, 7) is 0.704. The first-order valence-corrected chi connectivity index (χ1v) is 10.2. The number of likely N-dealkylation sites (N-methyl/N-ethyl adjacent to an activating group) is 2. The van der Waals surface area contributed by atoms with Gasteiger partial charge in [-0.3, -0.25) is 20.3 Å². The maximum Gasteiger partial charge on any atom is 0.320 e. The van der Waals surface area contributed by atoms with Crippen LogP contribution in [0, 0.1) is 5.41 Å². The molecule has 1 aliphatic heterocycles. The van der Waals surface area contributed by atoms with E-state index in [-0.39, 0.29) is 31.7 Å². The van der Waals surface area contributed by atoms with Crippen molar-refractivity contribution in [1.29, 1.82) is 5.41 Å². The Labute approximate surface area is 195 Å². The Bertz CT molecular complexity index is 679. The van der Waals surface area contributed by atoms with Gasteiger partial charge >= 0.3 is 5.97 Å². The first kappa shape index (κ1) is 32.6. The summed E-state index contributed by atoms with van der Waals surface area (Å²) in [6, 6.07) is 8.54. The summed E-state index contributed by atoms with van der Waals surface area (Å²) in [5.41, 5.74) is 6.30. The van der Waals surface area contributed by atoms with E-state index in [1.54, 1.807) is 11.9 Å². The predicted octanol–water partition coefficient (Wildman–Crippen LogP) is -2.36. The Morgan fingerprint density at radius 2 is 1.70 bits per heavy atom. The molecule has 1 heterocycles. The van der Waals surface area contributed by atoms with Crippen LogP contribution in [0.15, 0.2) is 30.3 Å². The van der Waals surface area contributed by atoms with Crippen LogP contribution in [0.25, 0.3) is 0 Å². The molecule has 0 bridgehead atoms. The molecule has 1 aliphatic rings.